The number of nitrogens with two attached hydrogens (primary N) is 1. The van der Waals surface area contributed by atoms with Gasteiger partial charge >= 0.3 is 0 Å². The number of hydrogen-bond acceptors (Lipinski definition) is 2. The predicted molar refractivity (Wildman–Crippen MR) is 86.6 cm³/mol. The van der Waals surface area contributed by atoms with Crippen molar-refractivity contribution in [3.8, 4) is 0 Å². The molecule has 20 heavy (non-hydrogen) atoms. The molecule has 0 unspecified atom stereocenters. The molecule has 1 amide bonds. The first-order valence-corrected chi connectivity index (χ1v) is 7.37. The van der Waals surface area contributed by atoms with E-state index in [1.807, 2.05) is 17.0 Å². The average molecular weight is 309 g/mol. The lowest BCUT2D eigenvalue weighted by Crippen LogP contribution is -2.34. The second-order valence-corrected chi connectivity index (χ2v) is 5.82. The van der Waals surface area contributed by atoms with Crippen molar-refractivity contribution in [1.82, 2.24) is 4.90 Å². The van der Waals surface area contributed by atoms with Gasteiger partial charge in [-0.2, -0.15) is 0 Å². The van der Waals surface area contributed by atoms with Gasteiger partial charge in [0.05, 0.1) is 4.99 Å². The van der Waals surface area contributed by atoms with Crippen molar-refractivity contribution in [2.24, 2.45) is 5.73 Å². The normalized spacial score (nSPS) is 14.4. The van der Waals surface area contributed by atoms with Crippen LogP contribution in [-0.4, -0.2) is 28.4 Å². The van der Waals surface area contributed by atoms with Crippen molar-refractivity contribution >= 4 is 40.8 Å². The van der Waals surface area contributed by atoms with Gasteiger partial charge in [-0.15, -0.1) is 0 Å². The summed E-state index contributed by atoms with van der Waals surface area (Å²) < 4.78 is 0. The number of carbonyl (C=O) groups excluding carboxylic acids is 1. The third-order valence-corrected chi connectivity index (χ3v) is 3.61. The minimum absolute atomic E-state index is 0.0127. The summed E-state index contributed by atoms with van der Waals surface area (Å²) in [5.74, 6) is 0.0127. The molecule has 2 rings (SSSR count). The number of thiocarbonyl (C=S) groups is 1. The van der Waals surface area contributed by atoms with Crippen molar-refractivity contribution < 1.29 is 4.79 Å². The lowest BCUT2D eigenvalue weighted by atomic mass is 10.2. The monoisotopic (exact) mass is 308 g/mol. The summed E-state index contributed by atoms with van der Waals surface area (Å²) in [6.07, 6.45) is 6.11. The molecule has 1 aromatic carbocycles. The molecule has 106 valence electrons. The molecule has 0 spiro atoms. The molecule has 2 N–H and O–H groups in total. The standard InChI is InChI=1S/C15H17ClN2OS/c16-12-4-1-11(2-5-12)3-8-15(19)18(13-6-7-13)10-9-14(17)20/h1-5,8,13H,6-7,9-10H2,(H2,17,20)/b8-3+. The number of benzene rings is 1. The summed E-state index contributed by atoms with van der Waals surface area (Å²) in [5, 5.41) is 0.685. The van der Waals surface area contributed by atoms with Gasteiger partial charge in [0.1, 0.15) is 0 Å². The van der Waals surface area contributed by atoms with Gasteiger partial charge in [0.2, 0.25) is 5.91 Å². The molecule has 1 aliphatic carbocycles. The quantitative estimate of drug-likeness (QED) is 0.649. The second-order valence-electron chi connectivity index (χ2n) is 4.86. The molecule has 5 heteroatoms. The molecule has 0 saturated heterocycles. The van der Waals surface area contributed by atoms with E-state index in [0.717, 1.165) is 18.4 Å². The van der Waals surface area contributed by atoms with Crippen molar-refractivity contribution in [1.29, 1.82) is 0 Å². The predicted octanol–water partition coefficient (Wildman–Crippen LogP) is 3.02. The zero-order valence-electron chi connectivity index (χ0n) is 11.1. The lowest BCUT2D eigenvalue weighted by Gasteiger charge is -2.20. The zero-order valence-corrected chi connectivity index (χ0v) is 12.7. The second kappa shape index (κ2) is 6.86. The van der Waals surface area contributed by atoms with Gasteiger partial charge < -0.3 is 10.6 Å². The molecular weight excluding hydrogens is 292 g/mol. The van der Waals surface area contributed by atoms with Gasteiger partial charge in [0.25, 0.3) is 0 Å². The smallest absolute Gasteiger partial charge is 0.246 e. The van der Waals surface area contributed by atoms with E-state index < -0.39 is 0 Å². The van der Waals surface area contributed by atoms with E-state index in [1.54, 1.807) is 24.3 Å². The van der Waals surface area contributed by atoms with Crippen LogP contribution in [0.4, 0.5) is 0 Å². The first-order chi connectivity index (χ1) is 9.56. The topological polar surface area (TPSA) is 46.3 Å². The minimum Gasteiger partial charge on any atom is -0.393 e. The molecule has 1 aromatic rings. The minimum atomic E-state index is 0.0127. The third kappa shape index (κ3) is 4.62. The van der Waals surface area contributed by atoms with E-state index in [-0.39, 0.29) is 5.91 Å². The van der Waals surface area contributed by atoms with Crippen LogP contribution in [-0.2, 0) is 4.79 Å². The molecule has 0 atom stereocenters. The maximum atomic E-state index is 12.2. The van der Waals surface area contributed by atoms with Gasteiger partial charge in [-0.3, -0.25) is 4.79 Å². The number of carbonyl (C=O) groups is 1. The lowest BCUT2D eigenvalue weighted by molar-refractivity contribution is -0.126. The Bertz CT molecular complexity index is 523. The molecule has 0 aliphatic heterocycles. The fourth-order valence-corrected chi connectivity index (χ4v) is 2.14. The van der Waals surface area contributed by atoms with E-state index in [0.29, 0.717) is 29.0 Å². The van der Waals surface area contributed by atoms with E-state index in [2.05, 4.69) is 0 Å². The first-order valence-electron chi connectivity index (χ1n) is 6.59. The van der Waals surface area contributed by atoms with E-state index in [9.17, 15) is 4.79 Å². The highest BCUT2D eigenvalue weighted by molar-refractivity contribution is 7.80. The van der Waals surface area contributed by atoms with E-state index in [1.165, 1.54) is 0 Å². The largest absolute Gasteiger partial charge is 0.393 e. The molecule has 1 fully saturated rings. The van der Waals surface area contributed by atoms with Crippen LogP contribution in [0, 0.1) is 0 Å². The first kappa shape index (κ1) is 15.0. The number of rotatable bonds is 6. The zero-order chi connectivity index (χ0) is 14.5. The highest BCUT2D eigenvalue weighted by atomic mass is 35.5. The average Bonchev–Trinajstić information content (AvgIpc) is 3.22. The van der Waals surface area contributed by atoms with Gasteiger partial charge in [0.15, 0.2) is 0 Å². The summed E-state index contributed by atoms with van der Waals surface area (Å²) in [6, 6.07) is 7.71. The molecule has 0 aromatic heterocycles. The molecule has 0 radical (unpaired) electrons. The Hall–Kier alpha value is -1.39. The van der Waals surface area contributed by atoms with Crippen molar-refractivity contribution in [2.75, 3.05) is 6.54 Å². The SMILES string of the molecule is NC(=S)CCN(C(=O)/C=C/c1ccc(Cl)cc1)C1CC1. The molecule has 3 nitrogen and oxygen atoms in total. The Kier molecular flexibility index (Phi) is 5.15. The van der Waals surface area contributed by atoms with E-state index in [4.69, 9.17) is 29.6 Å². The number of nitrogens with zero attached hydrogens (tertiary/aromatic N) is 1. The van der Waals surface area contributed by atoms with Crippen LogP contribution in [0.2, 0.25) is 5.02 Å². The maximum Gasteiger partial charge on any atom is 0.246 e. The highest BCUT2D eigenvalue weighted by Crippen LogP contribution is 2.27. The Morgan fingerprint density at radius 2 is 2.05 bits per heavy atom. The van der Waals surface area contributed by atoms with Crippen LogP contribution >= 0.6 is 23.8 Å². The summed E-state index contributed by atoms with van der Waals surface area (Å²) in [4.78, 5) is 14.5. The Balaban J connectivity index is 1.97. The van der Waals surface area contributed by atoms with Crippen molar-refractivity contribution in [3.63, 3.8) is 0 Å². The Labute approximate surface area is 129 Å². The number of halogens is 1. The fourth-order valence-electron chi connectivity index (χ4n) is 1.93. The highest BCUT2D eigenvalue weighted by Gasteiger charge is 2.31. The van der Waals surface area contributed by atoms with Crippen LogP contribution < -0.4 is 5.73 Å². The van der Waals surface area contributed by atoms with Crippen LogP contribution in [0.15, 0.2) is 30.3 Å². The summed E-state index contributed by atoms with van der Waals surface area (Å²) >= 11 is 10.7. The molecular formula is C15H17ClN2OS. The van der Waals surface area contributed by atoms with Gasteiger partial charge in [-0.05, 0) is 36.6 Å². The molecule has 1 saturated carbocycles. The van der Waals surface area contributed by atoms with Crippen LogP contribution in [0.25, 0.3) is 6.08 Å². The molecule has 1 aliphatic rings. The van der Waals surface area contributed by atoms with Crippen LogP contribution in [0.5, 0.6) is 0 Å². The number of hydrogen-bond donors (Lipinski definition) is 1. The van der Waals surface area contributed by atoms with Crippen molar-refractivity contribution in [3.05, 3.63) is 40.9 Å². The summed E-state index contributed by atoms with van der Waals surface area (Å²) in [7, 11) is 0. The Morgan fingerprint density at radius 1 is 1.40 bits per heavy atom. The van der Waals surface area contributed by atoms with Gasteiger partial charge in [0, 0.05) is 30.1 Å². The summed E-state index contributed by atoms with van der Waals surface area (Å²) in [5.41, 5.74) is 6.46. The summed E-state index contributed by atoms with van der Waals surface area (Å²) in [6.45, 7) is 0.601. The van der Waals surface area contributed by atoms with E-state index >= 15 is 0 Å². The van der Waals surface area contributed by atoms with Crippen LogP contribution in [0.1, 0.15) is 24.8 Å². The van der Waals surface area contributed by atoms with Gasteiger partial charge in [-0.25, -0.2) is 0 Å². The number of amides is 1. The van der Waals surface area contributed by atoms with Crippen molar-refractivity contribution in [2.45, 2.75) is 25.3 Å². The third-order valence-electron chi connectivity index (χ3n) is 3.16. The molecule has 0 heterocycles. The maximum absolute atomic E-state index is 12.2. The Morgan fingerprint density at radius 3 is 2.60 bits per heavy atom. The van der Waals surface area contributed by atoms with Crippen LogP contribution in [0.3, 0.4) is 0 Å². The molecule has 0 bridgehead atoms. The van der Waals surface area contributed by atoms with Gasteiger partial charge in [-0.1, -0.05) is 36.0 Å². The fraction of sp³-hybridized carbons (Fsp3) is 0.333.